The van der Waals surface area contributed by atoms with Crippen molar-refractivity contribution < 1.29 is 4.42 Å². The van der Waals surface area contributed by atoms with Crippen LogP contribution >= 0.6 is 0 Å². The standard InChI is InChI=1S/C45H39NO/c1-29(31-13-7-5-8-14-31)25-42(46-30(2)32-15-9-6-10-16-32)34-21-19-33(20-22-34)35-23-24-36-38-27-39-37-17-11-12-18-43(37)47-44(39)28-41(38)45(3,4)40(36)26-35/h5-19,21,23-28,36,40H,2,20,22H2,1,3-4H3/b29-25+,46-42?. The summed E-state index contributed by atoms with van der Waals surface area (Å²) in [5, 5.41) is 2.41. The van der Waals surface area contributed by atoms with Gasteiger partial charge in [0.15, 0.2) is 0 Å². The maximum absolute atomic E-state index is 6.30. The summed E-state index contributed by atoms with van der Waals surface area (Å²) in [6.45, 7) is 11.3. The molecule has 3 aliphatic rings. The van der Waals surface area contributed by atoms with E-state index >= 15 is 0 Å². The Balaban J connectivity index is 1.12. The third-order valence-corrected chi connectivity index (χ3v) is 10.5. The topological polar surface area (TPSA) is 25.5 Å². The first-order chi connectivity index (χ1) is 22.9. The zero-order chi connectivity index (χ0) is 32.1. The molecule has 47 heavy (non-hydrogen) atoms. The highest BCUT2D eigenvalue weighted by Crippen LogP contribution is 2.55. The van der Waals surface area contributed by atoms with Crippen molar-refractivity contribution in [3.05, 3.63) is 179 Å². The third kappa shape index (κ3) is 5.19. The van der Waals surface area contributed by atoms with Crippen molar-refractivity contribution in [1.29, 1.82) is 0 Å². The number of allylic oxidation sites excluding steroid dienone is 10. The monoisotopic (exact) mass is 609 g/mol. The Morgan fingerprint density at radius 3 is 2.30 bits per heavy atom. The van der Waals surface area contributed by atoms with E-state index in [1.807, 2.05) is 24.3 Å². The predicted octanol–water partition coefficient (Wildman–Crippen LogP) is 11.9. The summed E-state index contributed by atoms with van der Waals surface area (Å²) in [4.78, 5) is 5.11. The van der Waals surface area contributed by atoms with E-state index in [0.29, 0.717) is 11.8 Å². The number of hydrogen-bond donors (Lipinski definition) is 0. The first kappa shape index (κ1) is 29.2. The molecule has 0 bridgehead atoms. The molecule has 0 saturated heterocycles. The van der Waals surface area contributed by atoms with Crippen LogP contribution in [0.2, 0.25) is 0 Å². The second-order valence-corrected chi connectivity index (χ2v) is 13.7. The molecule has 230 valence electrons. The van der Waals surface area contributed by atoms with Gasteiger partial charge in [-0.05, 0) is 99.9 Å². The SMILES string of the molecule is C=C(N=C(/C=C(\C)c1ccccc1)C1=CC=C(C2=CC3C(C=C2)c2cc4c(cc2C3(C)C)oc2ccccc24)CC1)c1ccccc1. The van der Waals surface area contributed by atoms with Crippen LogP contribution in [-0.4, -0.2) is 5.71 Å². The van der Waals surface area contributed by atoms with Crippen LogP contribution in [0.15, 0.2) is 166 Å². The third-order valence-electron chi connectivity index (χ3n) is 10.5. The highest BCUT2D eigenvalue weighted by Gasteiger charge is 2.45. The van der Waals surface area contributed by atoms with Crippen molar-refractivity contribution >= 4 is 38.9 Å². The first-order valence-corrected chi connectivity index (χ1v) is 16.7. The molecule has 5 aromatic rings. The lowest BCUT2D eigenvalue weighted by molar-refractivity contribution is 0.392. The van der Waals surface area contributed by atoms with E-state index in [9.17, 15) is 0 Å². The lowest BCUT2D eigenvalue weighted by atomic mass is 9.72. The summed E-state index contributed by atoms with van der Waals surface area (Å²) >= 11 is 0. The van der Waals surface area contributed by atoms with Crippen LogP contribution in [0.1, 0.15) is 61.8 Å². The molecule has 0 saturated carbocycles. The molecular formula is C45H39NO. The Hall–Kier alpha value is -5.21. The molecule has 2 nitrogen and oxygen atoms in total. The number of fused-ring (bicyclic) bond motifs is 6. The molecule has 2 atom stereocenters. The molecule has 0 spiro atoms. The van der Waals surface area contributed by atoms with Crippen LogP contribution in [0.4, 0.5) is 0 Å². The van der Waals surface area contributed by atoms with Crippen molar-refractivity contribution in [2.75, 3.05) is 0 Å². The van der Waals surface area contributed by atoms with Crippen LogP contribution in [0.5, 0.6) is 0 Å². The number of benzene rings is 4. The van der Waals surface area contributed by atoms with Gasteiger partial charge in [-0.3, -0.25) is 0 Å². The van der Waals surface area contributed by atoms with Gasteiger partial charge in [-0.1, -0.05) is 130 Å². The maximum atomic E-state index is 6.30. The molecule has 1 heterocycles. The zero-order valence-corrected chi connectivity index (χ0v) is 27.3. The second kappa shape index (κ2) is 11.5. The van der Waals surface area contributed by atoms with E-state index < -0.39 is 0 Å². The van der Waals surface area contributed by atoms with Gasteiger partial charge in [0.1, 0.15) is 11.2 Å². The number of para-hydroxylation sites is 1. The largest absolute Gasteiger partial charge is 0.456 e. The Kier molecular flexibility index (Phi) is 7.18. The Morgan fingerprint density at radius 1 is 0.830 bits per heavy atom. The lowest BCUT2D eigenvalue weighted by Crippen LogP contribution is -2.25. The Bertz CT molecular complexity index is 2230. The fourth-order valence-electron chi connectivity index (χ4n) is 7.77. The van der Waals surface area contributed by atoms with E-state index in [1.54, 1.807) is 0 Å². The van der Waals surface area contributed by atoms with Crippen molar-refractivity contribution in [2.24, 2.45) is 10.9 Å². The Labute approximate surface area is 277 Å². The van der Waals surface area contributed by atoms with E-state index in [0.717, 1.165) is 41.0 Å². The van der Waals surface area contributed by atoms with Gasteiger partial charge in [-0.2, -0.15) is 0 Å². The minimum absolute atomic E-state index is 0.00319. The molecule has 0 N–H and O–H groups in total. The van der Waals surface area contributed by atoms with Crippen molar-refractivity contribution in [3.63, 3.8) is 0 Å². The summed E-state index contributed by atoms with van der Waals surface area (Å²) in [7, 11) is 0. The van der Waals surface area contributed by atoms with Crippen molar-refractivity contribution in [2.45, 2.75) is 44.9 Å². The maximum Gasteiger partial charge on any atom is 0.135 e. The number of hydrogen-bond acceptors (Lipinski definition) is 2. The number of furan rings is 1. The molecule has 1 aromatic heterocycles. The first-order valence-electron chi connectivity index (χ1n) is 16.7. The van der Waals surface area contributed by atoms with Gasteiger partial charge in [0.25, 0.3) is 0 Å². The normalized spacial score (nSPS) is 20.4. The molecule has 0 fully saturated rings. The molecule has 4 aromatic carbocycles. The molecule has 0 radical (unpaired) electrons. The summed E-state index contributed by atoms with van der Waals surface area (Å²) < 4.78 is 6.30. The van der Waals surface area contributed by atoms with E-state index in [2.05, 4.69) is 137 Å². The lowest BCUT2D eigenvalue weighted by Gasteiger charge is -2.31. The van der Waals surface area contributed by atoms with Crippen LogP contribution in [-0.2, 0) is 5.41 Å². The van der Waals surface area contributed by atoms with Gasteiger partial charge < -0.3 is 4.42 Å². The predicted molar refractivity (Wildman–Crippen MR) is 199 cm³/mol. The van der Waals surface area contributed by atoms with Crippen LogP contribution in [0.25, 0.3) is 33.2 Å². The smallest absolute Gasteiger partial charge is 0.135 e. The second-order valence-electron chi connectivity index (χ2n) is 13.7. The molecular weight excluding hydrogens is 571 g/mol. The average Bonchev–Trinajstić information content (AvgIpc) is 3.59. The molecule has 0 aliphatic heterocycles. The van der Waals surface area contributed by atoms with Crippen LogP contribution in [0, 0.1) is 5.92 Å². The molecule has 0 amide bonds. The minimum atomic E-state index is -0.00319. The average molecular weight is 610 g/mol. The number of aliphatic imine (C=N–C) groups is 1. The fraction of sp³-hybridized carbons (Fsp3) is 0.178. The summed E-state index contributed by atoms with van der Waals surface area (Å²) in [5.41, 5.74) is 13.9. The fourth-order valence-corrected chi connectivity index (χ4v) is 7.77. The van der Waals surface area contributed by atoms with Crippen LogP contribution < -0.4 is 0 Å². The number of rotatable bonds is 6. The summed E-state index contributed by atoms with van der Waals surface area (Å²) in [6.07, 6.45) is 16.1. The Morgan fingerprint density at radius 2 is 1.55 bits per heavy atom. The summed E-state index contributed by atoms with van der Waals surface area (Å²) in [6, 6.07) is 33.9. The van der Waals surface area contributed by atoms with Gasteiger partial charge in [0, 0.05) is 16.7 Å². The quantitative estimate of drug-likeness (QED) is 0.176. The van der Waals surface area contributed by atoms with Gasteiger partial charge in [-0.25, -0.2) is 4.99 Å². The molecule has 8 rings (SSSR count). The number of nitrogens with zero attached hydrogens (tertiary/aromatic N) is 1. The highest BCUT2D eigenvalue weighted by molar-refractivity contribution is 6.14. The minimum Gasteiger partial charge on any atom is -0.456 e. The van der Waals surface area contributed by atoms with Gasteiger partial charge in [0.05, 0.1) is 11.4 Å². The van der Waals surface area contributed by atoms with E-state index in [-0.39, 0.29) is 5.41 Å². The van der Waals surface area contributed by atoms with E-state index in [4.69, 9.17) is 9.41 Å². The molecule has 2 heteroatoms. The highest BCUT2D eigenvalue weighted by atomic mass is 16.3. The van der Waals surface area contributed by atoms with Gasteiger partial charge in [-0.15, -0.1) is 0 Å². The van der Waals surface area contributed by atoms with Gasteiger partial charge in [0.2, 0.25) is 0 Å². The molecule has 3 aliphatic carbocycles. The van der Waals surface area contributed by atoms with Crippen molar-refractivity contribution in [3.8, 4) is 0 Å². The zero-order valence-electron chi connectivity index (χ0n) is 27.3. The van der Waals surface area contributed by atoms with Crippen LogP contribution in [0.3, 0.4) is 0 Å². The van der Waals surface area contributed by atoms with Gasteiger partial charge >= 0.3 is 0 Å². The van der Waals surface area contributed by atoms with E-state index in [1.165, 1.54) is 49.8 Å². The molecule has 2 unspecified atom stereocenters. The van der Waals surface area contributed by atoms with Crippen molar-refractivity contribution in [1.82, 2.24) is 0 Å². The summed E-state index contributed by atoms with van der Waals surface area (Å²) in [5.74, 6) is 0.760.